The summed E-state index contributed by atoms with van der Waals surface area (Å²) in [4.78, 5) is 0. The zero-order valence-corrected chi connectivity index (χ0v) is 11.5. The lowest BCUT2D eigenvalue weighted by Crippen LogP contribution is -2.02. The van der Waals surface area contributed by atoms with Gasteiger partial charge >= 0.3 is 0 Å². The first-order valence-corrected chi connectivity index (χ1v) is 7.53. The van der Waals surface area contributed by atoms with Gasteiger partial charge in [0.25, 0.3) is 0 Å². The van der Waals surface area contributed by atoms with E-state index in [4.69, 9.17) is 5.26 Å². The van der Waals surface area contributed by atoms with E-state index < -0.39 is 0 Å². The van der Waals surface area contributed by atoms with Crippen LogP contribution in [0.4, 0.5) is 0 Å². The summed E-state index contributed by atoms with van der Waals surface area (Å²) in [5.41, 5.74) is 0.531. The monoisotopic (exact) mass is 284 g/mol. The van der Waals surface area contributed by atoms with Gasteiger partial charge in [-0.2, -0.15) is 10.4 Å². The van der Waals surface area contributed by atoms with Gasteiger partial charge in [0, 0.05) is 12.0 Å². The predicted molar refractivity (Wildman–Crippen MR) is 71.1 cm³/mol. The molecule has 0 radical (unpaired) electrons. The van der Waals surface area contributed by atoms with Crippen molar-refractivity contribution in [2.75, 3.05) is 0 Å². The van der Waals surface area contributed by atoms with Gasteiger partial charge in [-0.15, -0.1) is 15.3 Å². The molecule has 0 spiro atoms. The summed E-state index contributed by atoms with van der Waals surface area (Å²) < 4.78 is 2.25. The van der Waals surface area contributed by atoms with E-state index in [0.29, 0.717) is 22.5 Å². The Bertz CT molecular complexity index is 695. The molecule has 0 amide bonds. The molecule has 0 aliphatic heterocycles. The zero-order valence-electron chi connectivity index (χ0n) is 10.7. The van der Waals surface area contributed by atoms with Crippen molar-refractivity contribution >= 4 is 11.8 Å². The number of aromatic nitrogens is 5. The summed E-state index contributed by atoms with van der Waals surface area (Å²) in [6.45, 7) is 0. The van der Waals surface area contributed by atoms with Crippen LogP contribution >= 0.6 is 11.8 Å². The third-order valence-corrected chi connectivity index (χ3v) is 4.50. The molecule has 2 aromatic rings. The lowest BCUT2D eigenvalue weighted by molar-refractivity contribution is 0.626. The zero-order chi connectivity index (χ0) is 13.5. The van der Waals surface area contributed by atoms with E-state index in [9.17, 15) is 0 Å². The smallest absolute Gasteiger partial charge is 0.197 e. The minimum absolute atomic E-state index is 0.531. The van der Waals surface area contributed by atoms with Crippen molar-refractivity contribution in [3.05, 3.63) is 23.7 Å². The second-order valence-electron chi connectivity index (χ2n) is 5.18. The van der Waals surface area contributed by atoms with Crippen LogP contribution < -0.4 is 0 Å². The van der Waals surface area contributed by atoms with E-state index in [0.717, 1.165) is 11.0 Å². The molecule has 2 fully saturated rings. The molecule has 0 aromatic carbocycles. The highest BCUT2D eigenvalue weighted by Gasteiger charge is 2.36. The molecular weight excluding hydrogens is 272 g/mol. The van der Waals surface area contributed by atoms with Gasteiger partial charge in [0.2, 0.25) is 0 Å². The Morgan fingerprint density at radius 1 is 1.20 bits per heavy atom. The minimum atomic E-state index is 0.531. The molecule has 0 bridgehead atoms. The Hall–Kier alpha value is -1.94. The highest BCUT2D eigenvalue weighted by molar-refractivity contribution is 7.99. The Morgan fingerprint density at radius 3 is 2.75 bits per heavy atom. The van der Waals surface area contributed by atoms with E-state index >= 15 is 0 Å². The fraction of sp³-hybridized carbons (Fsp3) is 0.462. The molecule has 2 aromatic heterocycles. The Kier molecular flexibility index (Phi) is 2.70. The maximum absolute atomic E-state index is 9.12. The third kappa shape index (κ3) is 2.06. The summed E-state index contributed by atoms with van der Waals surface area (Å²) in [6, 6.07) is 4.35. The molecule has 2 saturated carbocycles. The van der Waals surface area contributed by atoms with Crippen LogP contribution in [0.15, 0.2) is 22.4 Å². The fourth-order valence-corrected chi connectivity index (χ4v) is 3.13. The topological polar surface area (TPSA) is 80.3 Å². The van der Waals surface area contributed by atoms with Crippen molar-refractivity contribution < 1.29 is 0 Å². The summed E-state index contributed by atoms with van der Waals surface area (Å²) >= 11 is 1.39. The van der Waals surface area contributed by atoms with Crippen molar-refractivity contribution in [3.63, 3.8) is 0 Å². The van der Waals surface area contributed by atoms with Crippen LogP contribution in [0.25, 0.3) is 0 Å². The molecular formula is C13H12N6S. The number of hydrogen-bond acceptors (Lipinski definition) is 6. The van der Waals surface area contributed by atoms with Crippen molar-refractivity contribution in [1.29, 1.82) is 5.26 Å². The molecule has 0 atom stereocenters. The number of rotatable bonds is 4. The molecule has 4 rings (SSSR count). The fourth-order valence-electron chi connectivity index (χ4n) is 2.22. The summed E-state index contributed by atoms with van der Waals surface area (Å²) in [6.07, 6.45) is 6.34. The molecule has 2 heterocycles. The van der Waals surface area contributed by atoms with Gasteiger partial charge in [-0.25, -0.2) is 0 Å². The molecule has 2 aliphatic rings. The SMILES string of the molecule is N#Cc1ccnnc1Sc1nnc(C2CC2)n1C1CC1. The normalized spacial score (nSPS) is 17.9. The van der Waals surface area contributed by atoms with Crippen molar-refractivity contribution in [2.45, 2.75) is 47.8 Å². The van der Waals surface area contributed by atoms with E-state index in [2.05, 4.69) is 31.0 Å². The number of nitriles is 1. The summed E-state index contributed by atoms with van der Waals surface area (Å²) in [5, 5.41) is 27.1. The molecule has 0 N–H and O–H groups in total. The predicted octanol–water partition coefficient (Wildman–Crippen LogP) is 2.30. The van der Waals surface area contributed by atoms with Crippen molar-refractivity contribution in [3.8, 4) is 6.07 Å². The van der Waals surface area contributed by atoms with Crippen LogP contribution in [0.5, 0.6) is 0 Å². The van der Waals surface area contributed by atoms with Crippen LogP contribution in [-0.4, -0.2) is 25.0 Å². The Balaban J connectivity index is 1.70. The van der Waals surface area contributed by atoms with Gasteiger partial charge in [0.05, 0.1) is 11.8 Å². The number of hydrogen-bond donors (Lipinski definition) is 0. The van der Waals surface area contributed by atoms with E-state index in [1.54, 1.807) is 6.07 Å². The first kappa shape index (κ1) is 11.9. The maximum Gasteiger partial charge on any atom is 0.197 e. The van der Waals surface area contributed by atoms with E-state index in [1.807, 2.05) is 0 Å². The largest absolute Gasteiger partial charge is 0.302 e. The highest BCUT2D eigenvalue weighted by Crippen LogP contribution is 2.46. The van der Waals surface area contributed by atoms with Crippen LogP contribution in [0.3, 0.4) is 0 Å². The first-order chi connectivity index (χ1) is 9.86. The Morgan fingerprint density at radius 2 is 2.05 bits per heavy atom. The lowest BCUT2D eigenvalue weighted by Gasteiger charge is -2.07. The molecule has 6 nitrogen and oxygen atoms in total. The van der Waals surface area contributed by atoms with Crippen molar-refractivity contribution in [1.82, 2.24) is 25.0 Å². The molecule has 2 aliphatic carbocycles. The average Bonchev–Trinajstić information content (AvgIpc) is 3.39. The quantitative estimate of drug-likeness (QED) is 0.857. The van der Waals surface area contributed by atoms with Crippen LogP contribution in [0.1, 0.15) is 49.0 Å². The maximum atomic E-state index is 9.12. The number of nitrogens with zero attached hydrogens (tertiary/aromatic N) is 6. The minimum Gasteiger partial charge on any atom is -0.302 e. The first-order valence-electron chi connectivity index (χ1n) is 6.71. The van der Waals surface area contributed by atoms with Gasteiger partial charge in [-0.1, -0.05) is 0 Å². The lowest BCUT2D eigenvalue weighted by atomic mass is 10.3. The summed E-state index contributed by atoms with van der Waals surface area (Å²) in [5.74, 6) is 1.69. The molecule has 7 heteroatoms. The molecule has 0 unspecified atom stereocenters. The molecule has 0 saturated heterocycles. The second-order valence-corrected chi connectivity index (χ2v) is 6.14. The molecule has 20 heavy (non-hydrogen) atoms. The summed E-state index contributed by atoms with van der Waals surface area (Å²) in [7, 11) is 0. The Labute approximate surface area is 120 Å². The average molecular weight is 284 g/mol. The van der Waals surface area contributed by atoms with Crippen molar-refractivity contribution in [2.24, 2.45) is 0 Å². The van der Waals surface area contributed by atoms with Gasteiger partial charge in [-0.3, -0.25) is 0 Å². The third-order valence-electron chi connectivity index (χ3n) is 3.54. The van der Waals surface area contributed by atoms with E-state index in [1.165, 1.54) is 43.6 Å². The van der Waals surface area contributed by atoms with Crippen LogP contribution in [0, 0.1) is 11.3 Å². The highest BCUT2D eigenvalue weighted by atomic mass is 32.2. The molecule has 100 valence electrons. The van der Waals surface area contributed by atoms with Gasteiger partial charge in [0.1, 0.15) is 16.9 Å². The van der Waals surface area contributed by atoms with Gasteiger partial charge in [0.15, 0.2) is 5.16 Å². The van der Waals surface area contributed by atoms with Crippen LogP contribution in [0.2, 0.25) is 0 Å². The van der Waals surface area contributed by atoms with Gasteiger partial charge in [-0.05, 0) is 43.5 Å². The van der Waals surface area contributed by atoms with Gasteiger partial charge < -0.3 is 4.57 Å². The van der Waals surface area contributed by atoms with Crippen LogP contribution in [-0.2, 0) is 0 Å². The second kappa shape index (κ2) is 4.56. The van der Waals surface area contributed by atoms with E-state index in [-0.39, 0.29) is 0 Å². The standard InChI is InChI=1S/C13H12N6S/c14-7-9-5-6-15-17-12(9)20-13-18-16-11(8-1-2-8)19(13)10-3-4-10/h5-6,8,10H,1-4H2.